The number of aromatic nitrogens is 1. The monoisotopic (exact) mass is 234 g/mol. The minimum Gasteiger partial charge on any atom is -0.460 e. The highest BCUT2D eigenvalue weighted by Crippen LogP contribution is 2.37. The van der Waals surface area contributed by atoms with E-state index >= 15 is 0 Å². The average molecular weight is 234 g/mol. The van der Waals surface area contributed by atoms with Crippen LogP contribution in [-0.4, -0.2) is 10.5 Å². The van der Waals surface area contributed by atoms with Crippen molar-refractivity contribution in [3.8, 4) is 11.5 Å². The Balaban J connectivity index is 1.82. The van der Waals surface area contributed by atoms with Crippen LogP contribution in [0.1, 0.15) is 23.6 Å². The molecule has 84 valence electrons. The summed E-state index contributed by atoms with van der Waals surface area (Å²) in [7, 11) is 0. The third kappa shape index (κ3) is 1.90. The molecule has 2 heterocycles. The van der Waals surface area contributed by atoms with Gasteiger partial charge in [-0.2, -0.15) is 0 Å². The Morgan fingerprint density at radius 3 is 2.94 bits per heavy atom. The summed E-state index contributed by atoms with van der Waals surface area (Å²) in [5.41, 5.74) is 7.04. The first-order chi connectivity index (χ1) is 7.65. The Bertz CT molecular complexity index is 511. The van der Waals surface area contributed by atoms with Crippen molar-refractivity contribution in [2.45, 2.75) is 31.7 Å². The molecule has 1 saturated carbocycles. The van der Waals surface area contributed by atoms with Crippen LogP contribution in [0.3, 0.4) is 0 Å². The fraction of sp³-hybridized carbons (Fsp3) is 0.417. The zero-order chi connectivity index (χ0) is 11.2. The molecule has 3 rings (SSSR count). The van der Waals surface area contributed by atoms with Gasteiger partial charge in [0.25, 0.3) is 0 Å². The molecule has 0 aromatic carbocycles. The van der Waals surface area contributed by atoms with Crippen molar-refractivity contribution >= 4 is 11.3 Å². The van der Waals surface area contributed by atoms with Crippen molar-refractivity contribution in [1.82, 2.24) is 4.98 Å². The number of furan rings is 1. The first kappa shape index (κ1) is 10.1. The third-order valence-corrected chi connectivity index (χ3v) is 3.79. The molecule has 0 bridgehead atoms. The number of thiazole rings is 1. The van der Waals surface area contributed by atoms with Crippen molar-refractivity contribution in [1.29, 1.82) is 0 Å². The minimum absolute atomic E-state index is 0.0359. The number of nitrogens with zero attached hydrogens (tertiary/aromatic N) is 1. The summed E-state index contributed by atoms with van der Waals surface area (Å²) < 4.78 is 5.54. The fourth-order valence-corrected chi connectivity index (χ4v) is 2.65. The molecule has 0 saturated heterocycles. The van der Waals surface area contributed by atoms with Gasteiger partial charge in [0.15, 0.2) is 5.76 Å². The normalized spacial score (nSPS) is 17.6. The second-order valence-corrected chi connectivity index (χ2v) is 5.52. The summed E-state index contributed by atoms with van der Waals surface area (Å²) in [5, 5.41) is 3.16. The van der Waals surface area contributed by atoms with Gasteiger partial charge in [-0.05, 0) is 31.9 Å². The molecule has 0 radical (unpaired) electrons. The summed E-state index contributed by atoms with van der Waals surface area (Å²) in [6.07, 6.45) is 3.15. The molecule has 1 fully saturated rings. The summed E-state index contributed by atoms with van der Waals surface area (Å²) in [4.78, 5) is 4.56. The molecule has 0 amide bonds. The Labute approximate surface area is 98.3 Å². The Hall–Kier alpha value is -1.13. The number of aryl methyl sites for hydroxylation is 1. The summed E-state index contributed by atoms with van der Waals surface area (Å²) >= 11 is 1.67. The number of hydrogen-bond donors (Lipinski definition) is 1. The van der Waals surface area contributed by atoms with E-state index in [1.807, 2.05) is 24.4 Å². The van der Waals surface area contributed by atoms with Gasteiger partial charge in [-0.1, -0.05) is 0 Å². The lowest BCUT2D eigenvalue weighted by atomic mass is 10.2. The fourth-order valence-electron chi connectivity index (χ4n) is 1.72. The molecule has 2 aromatic heterocycles. The maximum Gasteiger partial charge on any atom is 0.153 e. The van der Waals surface area contributed by atoms with Crippen molar-refractivity contribution < 1.29 is 4.42 Å². The Kier molecular flexibility index (Phi) is 2.16. The van der Waals surface area contributed by atoms with Crippen molar-refractivity contribution in [3.05, 3.63) is 28.3 Å². The number of hydrogen-bond acceptors (Lipinski definition) is 4. The van der Waals surface area contributed by atoms with E-state index < -0.39 is 0 Å². The number of nitrogens with two attached hydrogens (primary N) is 1. The van der Waals surface area contributed by atoms with Crippen molar-refractivity contribution in [3.63, 3.8) is 0 Å². The second-order valence-electron chi connectivity index (χ2n) is 4.58. The van der Waals surface area contributed by atoms with Crippen LogP contribution in [0.15, 0.2) is 21.9 Å². The van der Waals surface area contributed by atoms with Crippen LogP contribution in [0.4, 0.5) is 0 Å². The van der Waals surface area contributed by atoms with Crippen LogP contribution in [-0.2, 0) is 6.42 Å². The van der Waals surface area contributed by atoms with E-state index in [1.54, 1.807) is 11.3 Å². The summed E-state index contributed by atoms with van der Waals surface area (Å²) in [6.45, 7) is 1.94. The smallest absolute Gasteiger partial charge is 0.153 e. The van der Waals surface area contributed by atoms with Crippen LogP contribution in [0.2, 0.25) is 0 Å². The van der Waals surface area contributed by atoms with Crippen LogP contribution >= 0.6 is 11.3 Å². The van der Waals surface area contributed by atoms with Gasteiger partial charge in [0, 0.05) is 17.3 Å². The number of rotatable bonds is 3. The van der Waals surface area contributed by atoms with Crippen LogP contribution in [0.25, 0.3) is 11.5 Å². The molecule has 3 nitrogen and oxygen atoms in total. The average Bonchev–Trinajstić information content (AvgIpc) is 2.69. The van der Waals surface area contributed by atoms with Gasteiger partial charge in [0.05, 0.1) is 5.01 Å². The molecular formula is C12H14N2OS. The van der Waals surface area contributed by atoms with Gasteiger partial charge in [0.1, 0.15) is 11.5 Å². The Morgan fingerprint density at radius 2 is 2.31 bits per heavy atom. The first-order valence-electron chi connectivity index (χ1n) is 5.45. The quantitative estimate of drug-likeness (QED) is 0.888. The van der Waals surface area contributed by atoms with Crippen LogP contribution in [0, 0.1) is 6.92 Å². The SMILES string of the molecule is Cc1ccc(-c2csc(CC3(N)CC3)n2)o1. The van der Waals surface area contributed by atoms with Gasteiger partial charge >= 0.3 is 0 Å². The first-order valence-corrected chi connectivity index (χ1v) is 6.33. The molecule has 0 aliphatic heterocycles. The Morgan fingerprint density at radius 1 is 1.50 bits per heavy atom. The molecule has 4 heteroatoms. The summed E-state index contributed by atoms with van der Waals surface area (Å²) in [6, 6.07) is 3.92. The second kappa shape index (κ2) is 3.43. The highest BCUT2D eigenvalue weighted by Gasteiger charge is 2.38. The molecule has 2 N–H and O–H groups in total. The summed E-state index contributed by atoms with van der Waals surface area (Å²) in [5.74, 6) is 1.77. The molecule has 2 aromatic rings. The van der Waals surface area contributed by atoms with E-state index in [-0.39, 0.29) is 5.54 Å². The largest absolute Gasteiger partial charge is 0.460 e. The molecule has 16 heavy (non-hydrogen) atoms. The predicted octanol–water partition coefficient (Wildman–Crippen LogP) is 2.75. The van der Waals surface area contributed by atoms with Crippen molar-refractivity contribution in [2.75, 3.05) is 0 Å². The van der Waals surface area contributed by atoms with Crippen LogP contribution < -0.4 is 5.73 Å². The van der Waals surface area contributed by atoms with E-state index in [1.165, 1.54) is 0 Å². The maximum absolute atomic E-state index is 6.07. The molecule has 1 aliphatic rings. The highest BCUT2D eigenvalue weighted by atomic mass is 32.1. The lowest BCUT2D eigenvalue weighted by Crippen LogP contribution is -2.24. The van der Waals surface area contributed by atoms with E-state index in [9.17, 15) is 0 Å². The highest BCUT2D eigenvalue weighted by molar-refractivity contribution is 7.09. The zero-order valence-electron chi connectivity index (χ0n) is 9.19. The zero-order valence-corrected chi connectivity index (χ0v) is 10.0. The molecule has 0 atom stereocenters. The predicted molar refractivity (Wildman–Crippen MR) is 64.4 cm³/mol. The van der Waals surface area contributed by atoms with E-state index in [0.717, 1.165) is 41.5 Å². The van der Waals surface area contributed by atoms with Gasteiger partial charge in [-0.25, -0.2) is 4.98 Å². The van der Waals surface area contributed by atoms with E-state index in [4.69, 9.17) is 10.2 Å². The van der Waals surface area contributed by atoms with Gasteiger partial charge < -0.3 is 10.2 Å². The molecular weight excluding hydrogens is 220 g/mol. The molecule has 0 unspecified atom stereocenters. The van der Waals surface area contributed by atoms with Crippen molar-refractivity contribution in [2.24, 2.45) is 5.73 Å². The maximum atomic E-state index is 6.07. The van der Waals surface area contributed by atoms with E-state index in [2.05, 4.69) is 4.98 Å². The van der Waals surface area contributed by atoms with Crippen LogP contribution in [0.5, 0.6) is 0 Å². The molecule has 1 aliphatic carbocycles. The third-order valence-electron chi connectivity index (χ3n) is 2.94. The van der Waals surface area contributed by atoms with Gasteiger partial charge in [0.2, 0.25) is 0 Å². The topological polar surface area (TPSA) is 52.0 Å². The minimum atomic E-state index is 0.0359. The standard InChI is InChI=1S/C12H14N2OS/c1-8-2-3-10(15-8)9-7-16-11(14-9)6-12(13)4-5-12/h2-3,7H,4-6,13H2,1H3. The lowest BCUT2D eigenvalue weighted by molar-refractivity contribution is 0.546. The molecule has 0 spiro atoms. The van der Waals surface area contributed by atoms with Gasteiger partial charge in [-0.3, -0.25) is 0 Å². The van der Waals surface area contributed by atoms with E-state index in [0.29, 0.717) is 0 Å². The van der Waals surface area contributed by atoms with Gasteiger partial charge in [-0.15, -0.1) is 11.3 Å². The lowest BCUT2D eigenvalue weighted by Gasteiger charge is -2.03.